The predicted octanol–water partition coefficient (Wildman–Crippen LogP) is 0.679. The molecule has 0 aromatic carbocycles. The Morgan fingerprint density at radius 2 is 2.06 bits per heavy atom. The SMILES string of the molecule is CC(C)N(C)S(=O)(=O)NCC1CCCC(N)C1. The molecule has 6 heteroatoms. The summed E-state index contributed by atoms with van der Waals surface area (Å²) in [5, 5.41) is 0. The molecule has 0 aromatic heterocycles. The lowest BCUT2D eigenvalue weighted by molar-refractivity contribution is 0.317. The third-order valence-corrected chi connectivity index (χ3v) is 5.20. The van der Waals surface area contributed by atoms with Gasteiger partial charge in [0, 0.05) is 25.7 Å². The molecule has 0 radical (unpaired) electrons. The second-order valence-electron chi connectivity index (χ2n) is 5.26. The first-order valence-corrected chi connectivity index (χ1v) is 7.75. The van der Waals surface area contributed by atoms with E-state index in [0.29, 0.717) is 12.5 Å². The number of hydrogen-bond acceptors (Lipinski definition) is 3. The summed E-state index contributed by atoms with van der Waals surface area (Å²) in [4.78, 5) is 0. The van der Waals surface area contributed by atoms with E-state index in [2.05, 4.69) is 4.72 Å². The van der Waals surface area contributed by atoms with Crippen LogP contribution in [-0.4, -0.2) is 38.4 Å². The maximum Gasteiger partial charge on any atom is 0.279 e. The van der Waals surface area contributed by atoms with Crippen LogP contribution in [0, 0.1) is 5.92 Å². The Morgan fingerprint density at radius 3 is 2.59 bits per heavy atom. The molecule has 0 aromatic rings. The lowest BCUT2D eigenvalue weighted by atomic mass is 9.86. The molecule has 3 N–H and O–H groups in total. The molecule has 0 amide bonds. The molecule has 1 fully saturated rings. The predicted molar refractivity (Wildman–Crippen MR) is 69.8 cm³/mol. The Hall–Kier alpha value is -0.170. The van der Waals surface area contributed by atoms with E-state index >= 15 is 0 Å². The van der Waals surface area contributed by atoms with Crippen LogP contribution in [-0.2, 0) is 10.2 Å². The molecule has 0 aliphatic heterocycles. The maximum atomic E-state index is 11.9. The van der Waals surface area contributed by atoms with E-state index in [-0.39, 0.29) is 12.1 Å². The molecule has 1 rings (SSSR count). The van der Waals surface area contributed by atoms with Crippen LogP contribution >= 0.6 is 0 Å². The fraction of sp³-hybridized carbons (Fsp3) is 1.00. The van der Waals surface area contributed by atoms with Gasteiger partial charge in [0.05, 0.1) is 0 Å². The van der Waals surface area contributed by atoms with Crippen molar-refractivity contribution < 1.29 is 8.42 Å². The van der Waals surface area contributed by atoms with Crippen LogP contribution in [0.3, 0.4) is 0 Å². The first-order chi connectivity index (χ1) is 7.83. The van der Waals surface area contributed by atoms with Crippen molar-refractivity contribution in [3.8, 4) is 0 Å². The summed E-state index contributed by atoms with van der Waals surface area (Å²) >= 11 is 0. The zero-order valence-electron chi connectivity index (χ0n) is 11.0. The normalized spacial score (nSPS) is 26.7. The molecule has 2 atom stereocenters. The van der Waals surface area contributed by atoms with E-state index in [9.17, 15) is 8.42 Å². The molecule has 0 spiro atoms. The summed E-state index contributed by atoms with van der Waals surface area (Å²) in [6.45, 7) is 4.22. The van der Waals surface area contributed by atoms with Crippen LogP contribution in [0.4, 0.5) is 0 Å². The first kappa shape index (κ1) is 14.9. The largest absolute Gasteiger partial charge is 0.328 e. The summed E-state index contributed by atoms with van der Waals surface area (Å²) in [6.07, 6.45) is 4.16. The van der Waals surface area contributed by atoms with Gasteiger partial charge < -0.3 is 5.73 Å². The van der Waals surface area contributed by atoms with Gasteiger partial charge in [-0.1, -0.05) is 6.42 Å². The molecule has 17 heavy (non-hydrogen) atoms. The van der Waals surface area contributed by atoms with E-state index in [1.165, 1.54) is 4.31 Å². The van der Waals surface area contributed by atoms with Gasteiger partial charge in [-0.2, -0.15) is 12.7 Å². The van der Waals surface area contributed by atoms with Crippen molar-refractivity contribution in [2.45, 2.75) is 51.6 Å². The second kappa shape index (κ2) is 6.13. The number of rotatable bonds is 5. The topological polar surface area (TPSA) is 75.4 Å². The van der Waals surface area contributed by atoms with Crippen LogP contribution in [0.25, 0.3) is 0 Å². The average molecular weight is 263 g/mol. The first-order valence-electron chi connectivity index (χ1n) is 6.31. The third-order valence-electron chi connectivity index (χ3n) is 3.48. The maximum absolute atomic E-state index is 11.9. The minimum Gasteiger partial charge on any atom is -0.328 e. The lowest BCUT2D eigenvalue weighted by Gasteiger charge is -2.28. The van der Waals surface area contributed by atoms with Gasteiger partial charge in [-0.05, 0) is 39.0 Å². The Kier molecular flexibility index (Phi) is 5.37. The second-order valence-corrected chi connectivity index (χ2v) is 7.07. The van der Waals surface area contributed by atoms with Crippen LogP contribution in [0.1, 0.15) is 39.5 Å². The molecule has 1 aliphatic rings. The molecule has 1 saturated carbocycles. The number of nitrogens with one attached hydrogen (secondary N) is 1. The van der Waals surface area contributed by atoms with Gasteiger partial charge in [0.15, 0.2) is 0 Å². The van der Waals surface area contributed by atoms with Gasteiger partial charge >= 0.3 is 0 Å². The summed E-state index contributed by atoms with van der Waals surface area (Å²) < 4.78 is 27.8. The van der Waals surface area contributed by atoms with Crippen molar-refractivity contribution in [2.24, 2.45) is 11.7 Å². The van der Waals surface area contributed by atoms with Crippen molar-refractivity contribution in [3.63, 3.8) is 0 Å². The van der Waals surface area contributed by atoms with Gasteiger partial charge in [-0.15, -0.1) is 0 Å². The van der Waals surface area contributed by atoms with Crippen LogP contribution < -0.4 is 10.5 Å². The van der Waals surface area contributed by atoms with Crippen LogP contribution in [0.5, 0.6) is 0 Å². The molecular weight excluding hydrogens is 238 g/mol. The Balaban J connectivity index is 2.44. The number of nitrogens with zero attached hydrogens (tertiary/aromatic N) is 1. The van der Waals surface area contributed by atoms with Gasteiger partial charge in [0.1, 0.15) is 0 Å². The smallest absolute Gasteiger partial charge is 0.279 e. The standard InChI is InChI=1S/C11H25N3O2S/c1-9(2)14(3)17(15,16)13-8-10-5-4-6-11(12)7-10/h9-11,13H,4-8,12H2,1-3H3. The molecule has 0 bridgehead atoms. The molecule has 0 saturated heterocycles. The van der Waals surface area contributed by atoms with E-state index < -0.39 is 10.2 Å². The molecule has 0 heterocycles. The Morgan fingerprint density at radius 1 is 1.41 bits per heavy atom. The molecule has 102 valence electrons. The highest BCUT2D eigenvalue weighted by Crippen LogP contribution is 2.22. The number of nitrogens with two attached hydrogens (primary N) is 1. The van der Waals surface area contributed by atoms with Gasteiger partial charge in [-0.3, -0.25) is 0 Å². The van der Waals surface area contributed by atoms with Crippen molar-refractivity contribution in [2.75, 3.05) is 13.6 Å². The molecule has 5 nitrogen and oxygen atoms in total. The third kappa shape index (κ3) is 4.54. The van der Waals surface area contributed by atoms with E-state index in [1.54, 1.807) is 7.05 Å². The Labute approximate surface area is 105 Å². The highest BCUT2D eigenvalue weighted by Gasteiger charge is 2.24. The van der Waals surface area contributed by atoms with Gasteiger partial charge in [0.25, 0.3) is 10.2 Å². The minimum absolute atomic E-state index is 0.0267. The zero-order chi connectivity index (χ0) is 13.1. The quantitative estimate of drug-likeness (QED) is 0.766. The summed E-state index contributed by atoms with van der Waals surface area (Å²) in [5.41, 5.74) is 5.88. The van der Waals surface area contributed by atoms with Crippen molar-refractivity contribution in [1.29, 1.82) is 0 Å². The summed E-state index contributed by atoms with van der Waals surface area (Å²) in [7, 11) is -1.74. The Bertz CT molecular complexity index is 330. The van der Waals surface area contributed by atoms with Gasteiger partial charge in [-0.25, -0.2) is 4.72 Å². The van der Waals surface area contributed by atoms with E-state index in [4.69, 9.17) is 5.73 Å². The van der Waals surface area contributed by atoms with Crippen molar-refractivity contribution >= 4 is 10.2 Å². The molecule has 1 aliphatic carbocycles. The highest BCUT2D eigenvalue weighted by molar-refractivity contribution is 7.87. The monoisotopic (exact) mass is 263 g/mol. The molecule has 2 unspecified atom stereocenters. The molecular formula is C11H25N3O2S. The van der Waals surface area contributed by atoms with Crippen molar-refractivity contribution in [1.82, 2.24) is 9.03 Å². The van der Waals surface area contributed by atoms with Gasteiger partial charge in [0.2, 0.25) is 0 Å². The van der Waals surface area contributed by atoms with Crippen molar-refractivity contribution in [3.05, 3.63) is 0 Å². The minimum atomic E-state index is -3.33. The van der Waals surface area contributed by atoms with E-state index in [0.717, 1.165) is 25.7 Å². The highest BCUT2D eigenvalue weighted by atomic mass is 32.2. The summed E-state index contributed by atoms with van der Waals surface area (Å²) in [6, 6.07) is 0.210. The van der Waals surface area contributed by atoms with E-state index in [1.807, 2.05) is 13.8 Å². The number of hydrogen-bond donors (Lipinski definition) is 2. The average Bonchev–Trinajstić information content (AvgIpc) is 2.25. The summed E-state index contributed by atoms with van der Waals surface area (Å²) in [5.74, 6) is 0.383. The fourth-order valence-electron chi connectivity index (χ4n) is 2.12. The lowest BCUT2D eigenvalue weighted by Crippen LogP contribution is -2.44. The van der Waals surface area contributed by atoms with Crippen LogP contribution in [0.15, 0.2) is 0 Å². The zero-order valence-corrected chi connectivity index (χ0v) is 11.8. The van der Waals surface area contributed by atoms with Crippen LogP contribution in [0.2, 0.25) is 0 Å². The fourth-order valence-corrected chi connectivity index (χ4v) is 3.33.